The third-order valence-electron chi connectivity index (χ3n) is 4.49. The van der Waals surface area contributed by atoms with E-state index in [1.807, 2.05) is 48.5 Å². The number of amides is 1. The van der Waals surface area contributed by atoms with Crippen molar-refractivity contribution in [2.24, 2.45) is 0 Å². The highest BCUT2D eigenvalue weighted by Gasteiger charge is 2.35. The molecule has 0 aliphatic heterocycles. The lowest BCUT2D eigenvalue weighted by Gasteiger charge is -2.22. The Balaban J connectivity index is 1.59. The van der Waals surface area contributed by atoms with Crippen LogP contribution in [0.5, 0.6) is 0 Å². The average Bonchev–Trinajstić information content (AvgIpc) is 2.90. The van der Waals surface area contributed by atoms with Crippen LogP contribution in [0.2, 0.25) is 0 Å². The maximum atomic E-state index is 12.3. The van der Waals surface area contributed by atoms with Crippen molar-refractivity contribution < 1.29 is 9.90 Å². The predicted octanol–water partition coefficient (Wildman–Crippen LogP) is 2.90. The highest BCUT2D eigenvalue weighted by Crippen LogP contribution is 2.29. The minimum atomic E-state index is -0.874. The maximum Gasteiger partial charge on any atom is 0.251 e. The summed E-state index contributed by atoms with van der Waals surface area (Å²) in [6.45, 7) is 2.41. The molecule has 0 saturated carbocycles. The summed E-state index contributed by atoms with van der Waals surface area (Å²) < 4.78 is 0. The zero-order valence-corrected chi connectivity index (χ0v) is 13.5. The van der Waals surface area contributed by atoms with Gasteiger partial charge in [0.2, 0.25) is 0 Å². The Morgan fingerprint density at radius 2 is 1.70 bits per heavy atom. The topological polar surface area (TPSA) is 49.3 Å². The van der Waals surface area contributed by atoms with Gasteiger partial charge in [-0.2, -0.15) is 0 Å². The Morgan fingerprint density at radius 3 is 2.26 bits per heavy atom. The molecule has 0 unspecified atom stereocenters. The normalized spacial score (nSPS) is 15.2. The van der Waals surface area contributed by atoms with Gasteiger partial charge in [0.25, 0.3) is 5.91 Å². The van der Waals surface area contributed by atoms with E-state index in [4.69, 9.17) is 0 Å². The standard InChI is InChI=1S/C20H23NO2/c1-2-5-15-8-10-16(11-9-15)19(22)21-14-20(23)12-17-6-3-4-7-18(17)13-20/h3-4,6-11,23H,2,5,12-14H2,1H3,(H,21,22). The van der Waals surface area contributed by atoms with Gasteiger partial charge in [0, 0.05) is 24.9 Å². The highest BCUT2D eigenvalue weighted by atomic mass is 16.3. The third-order valence-corrected chi connectivity index (χ3v) is 4.49. The molecule has 120 valence electrons. The van der Waals surface area contributed by atoms with Crippen molar-refractivity contribution in [3.05, 3.63) is 70.8 Å². The minimum Gasteiger partial charge on any atom is -0.387 e. The van der Waals surface area contributed by atoms with Crippen molar-refractivity contribution in [2.75, 3.05) is 6.54 Å². The van der Waals surface area contributed by atoms with E-state index in [9.17, 15) is 9.90 Å². The Hall–Kier alpha value is -2.13. The van der Waals surface area contributed by atoms with E-state index < -0.39 is 5.60 Å². The van der Waals surface area contributed by atoms with Gasteiger partial charge in [0.05, 0.1) is 5.60 Å². The first-order chi connectivity index (χ1) is 11.1. The molecule has 0 atom stereocenters. The molecule has 23 heavy (non-hydrogen) atoms. The first-order valence-electron chi connectivity index (χ1n) is 8.26. The monoisotopic (exact) mass is 309 g/mol. The molecule has 1 aliphatic rings. The van der Waals surface area contributed by atoms with Gasteiger partial charge in [-0.1, -0.05) is 49.7 Å². The summed E-state index contributed by atoms with van der Waals surface area (Å²) in [5.41, 5.74) is 3.36. The number of aliphatic hydroxyl groups is 1. The van der Waals surface area contributed by atoms with Crippen LogP contribution in [-0.4, -0.2) is 23.2 Å². The van der Waals surface area contributed by atoms with E-state index >= 15 is 0 Å². The van der Waals surface area contributed by atoms with Gasteiger partial charge in [-0.05, 0) is 35.2 Å². The molecule has 0 bridgehead atoms. The van der Waals surface area contributed by atoms with Crippen LogP contribution in [0.25, 0.3) is 0 Å². The number of fused-ring (bicyclic) bond motifs is 1. The molecule has 2 N–H and O–H groups in total. The SMILES string of the molecule is CCCc1ccc(C(=O)NCC2(O)Cc3ccccc3C2)cc1. The van der Waals surface area contributed by atoms with E-state index in [0.29, 0.717) is 18.4 Å². The molecule has 0 heterocycles. The van der Waals surface area contributed by atoms with Crippen LogP contribution < -0.4 is 5.32 Å². The number of aryl methyl sites for hydroxylation is 1. The maximum absolute atomic E-state index is 12.3. The summed E-state index contributed by atoms with van der Waals surface area (Å²) >= 11 is 0. The van der Waals surface area contributed by atoms with E-state index in [2.05, 4.69) is 12.2 Å². The lowest BCUT2D eigenvalue weighted by Crippen LogP contribution is -2.43. The molecule has 2 aromatic carbocycles. The van der Waals surface area contributed by atoms with Crippen molar-refractivity contribution in [1.29, 1.82) is 0 Å². The van der Waals surface area contributed by atoms with Gasteiger partial charge in [-0.15, -0.1) is 0 Å². The summed E-state index contributed by atoms with van der Waals surface area (Å²) in [7, 11) is 0. The number of hydrogen-bond acceptors (Lipinski definition) is 2. The van der Waals surface area contributed by atoms with Crippen molar-refractivity contribution in [1.82, 2.24) is 5.32 Å². The summed E-state index contributed by atoms with van der Waals surface area (Å²) in [4.78, 5) is 12.3. The fourth-order valence-electron chi connectivity index (χ4n) is 3.26. The van der Waals surface area contributed by atoms with Gasteiger partial charge in [-0.25, -0.2) is 0 Å². The molecule has 3 heteroatoms. The smallest absolute Gasteiger partial charge is 0.251 e. The largest absolute Gasteiger partial charge is 0.387 e. The second-order valence-electron chi connectivity index (χ2n) is 6.48. The molecule has 0 aromatic heterocycles. The van der Waals surface area contributed by atoms with Crippen LogP contribution in [0.15, 0.2) is 48.5 Å². The molecule has 0 spiro atoms. The van der Waals surface area contributed by atoms with Gasteiger partial charge in [0.1, 0.15) is 0 Å². The number of benzene rings is 2. The van der Waals surface area contributed by atoms with Gasteiger partial charge in [-0.3, -0.25) is 4.79 Å². The summed E-state index contributed by atoms with van der Waals surface area (Å²) in [5, 5.41) is 13.6. The minimum absolute atomic E-state index is 0.127. The lowest BCUT2D eigenvalue weighted by molar-refractivity contribution is 0.0480. The van der Waals surface area contributed by atoms with Crippen LogP contribution >= 0.6 is 0 Å². The zero-order valence-electron chi connectivity index (χ0n) is 13.5. The van der Waals surface area contributed by atoms with E-state index in [1.165, 1.54) is 16.7 Å². The van der Waals surface area contributed by atoms with Crippen LogP contribution in [0.1, 0.15) is 40.4 Å². The molecule has 0 radical (unpaired) electrons. The van der Waals surface area contributed by atoms with Crippen LogP contribution in [-0.2, 0) is 19.3 Å². The molecule has 0 saturated heterocycles. The highest BCUT2D eigenvalue weighted by molar-refractivity contribution is 5.94. The molecule has 3 nitrogen and oxygen atoms in total. The second-order valence-corrected chi connectivity index (χ2v) is 6.48. The van der Waals surface area contributed by atoms with Crippen molar-refractivity contribution in [3.8, 4) is 0 Å². The number of carbonyl (C=O) groups is 1. The van der Waals surface area contributed by atoms with Crippen molar-refractivity contribution >= 4 is 5.91 Å². The molecule has 0 fully saturated rings. The summed E-state index contributed by atoms with van der Waals surface area (Å²) in [6, 6.07) is 15.8. The Labute approximate surface area is 137 Å². The first kappa shape index (κ1) is 15.8. The first-order valence-corrected chi connectivity index (χ1v) is 8.26. The van der Waals surface area contributed by atoms with Crippen LogP contribution in [0.4, 0.5) is 0 Å². The van der Waals surface area contributed by atoms with E-state index in [-0.39, 0.29) is 12.5 Å². The van der Waals surface area contributed by atoms with Crippen molar-refractivity contribution in [2.45, 2.75) is 38.2 Å². The van der Waals surface area contributed by atoms with E-state index in [1.54, 1.807) is 0 Å². The van der Waals surface area contributed by atoms with Gasteiger partial charge >= 0.3 is 0 Å². The van der Waals surface area contributed by atoms with Crippen LogP contribution in [0.3, 0.4) is 0 Å². The molecular weight excluding hydrogens is 286 g/mol. The van der Waals surface area contributed by atoms with Gasteiger partial charge < -0.3 is 10.4 Å². The molecule has 2 aromatic rings. The quantitative estimate of drug-likeness (QED) is 0.892. The van der Waals surface area contributed by atoms with E-state index in [0.717, 1.165) is 12.8 Å². The van der Waals surface area contributed by atoms with Crippen molar-refractivity contribution in [3.63, 3.8) is 0 Å². The number of rotatable bonds is 5. The fraction of sp³-hybridized carbons (Fsp3) is 0.350. The Kier molecular flexibility index (Phi) is 4.49. The number of carbonyl (C=O) groups excluding carboxylic acids is 1. The third kappa shape index (κ3) is 3.62. The Bertz CT molecular complexity index is 666. The zero-order chi connectivity index (χ0) is 16.3. The lowest BCUT2D eigenvalue weighted by atomic mass is 10.0. The second kappa shape index (κ2) is 6.55. The Morgan fingerprint density at radius 1 is 1.09 bits per heavy atom. The molecule has 1 aliphatic carbocycles. The fourth-order valence-corrected chi connectivity index (χ4v) is 3.26. The van der Waals surface area contributed by atoms with Crippen LogP contribution in [0, 0.1) is 0 Å². The van der Waals surface area contributed by atoms with Gasteiger partial charge in [0.15, 0.2) is 0 Å². The number of hydrogen-bond donors (Lipinski definition) is 2. The summed E-state index contributed by atoms with van der Waals surface area (Å²) in [5.74, 6) is -0.127. The summed E-state index contributed by atoms with van der Waals surface area (Å²) in [6.07, 6.45) is 3.32. The predicted molar refractivity (Wildman–Crippen MR) is 91.6 cm³/mol. The molecule has 1 amide bonds. The molecular formula is C20H23NO2. The average molecular weight is 309 g/mol. The molecule has 3 rings (SSSR count). The number of nitrogens with one attached hydrogen (secondary N) is 1.